The lowest BCUT2D eigenvalue weighted by Crippen LogP contribution is -2.31. The van der Waals surface area contributed by atoms with Crippen LogP contribution in [0.1, 0.15) is 33.6 Å². The maximum Gasteiger partial charge on any atom is 0.129 e. The molecule has 27 heavy (non-hydrogen) atoms. The average Bonchev–Trinajstić information content (AvgIpc) is 3.03. The fourth-order valence-electron chi connectivity index (χ4n) is 3.80. The SMILES string of the molecule is [2H]C([2H])=C1CC(COCc2ccccc2)(COCc2ccccc2)CC1(C)C=O. The van der Waals surface area contributed by atoms with Crippen molar-refractivity contribution in [2.24, 2.45) is 10.8 Å². The number of hydrogen-bond donors (Lipinski definition) is 0. The first-order chi connectivity index (χ1) is 14.0. The molecule has 0 radical (unpaired) electrons. The third kappa shape index (κ3) is 4.94. The van der Waals surface area contributed by atoms with Crippen LogP contribution in [0.25, 0.3) is 0 Å². The molecule has 0 saturated heterocycles. The van der Waals surface area contributed by atoms with Gasteiger partial charge in [-0.15, -0.1) is 0 Å². The van der Waals surface area contributed by atoms with Crippen molar-refractivity contribution in [1.82, 2.24) is 0 Å². The van der Waals surface area contributed by atoms with E-state index >= 15 is 0 Å². The zero-order chi connectivity index (χ0) is 20.7. The summed E-state index contributed by atoms with van der Waals surface area (Å²) in [6.07, 6.45) is 1.86. The first-order valence-corrected chi connectivity index (χ1v) is 9.33. The first-order valence-electron chi connectivity index (χ1n) is 10.3. The van der Waals surface area contributed by atoms with Crippen LogP contribution in [0.4, 0.5) is 0 Å². The molecule has 3 nitrogen and oxygen atoms in total. The monoisotopic (exact) mass is 366 g/mol. The number of rotatable bonds is 9. The summed E-state index contributed by atoms with van der Waals surface area (Å²) in [6.45, 7) is 3.33. The van der Waals surface area contributed by atoms with E-state index in [1.165, 1.54) is 0 Å². The van der Waals surface area contributed by atoms with Gasteiger partial charge in [-0.1, -0.05) is 72.8 Å². The number of carbonyl (C=O) groups excluding carboxylic acids is 1. The summed E-state index contributed by atoms with van der Waals surface area (Å²) in [5.74, 6) is 0. The second kappa shape index (κ2) is 8.64. The Labute approximate surface area is 164 Å². The number of hydrogen-bond acceptors (Lipinski definition) is 3. The van der Waals surface area contributed by atoms with Gasteiger partial charge >= 0.3 is 0 Å². The third-order valence-electron chi connectivity index (χ3n) is 5.28. The fourth-order valence-corrected chi connectivity index (χ4v) is 3.80. The highest BCUT2D eigenvalue weighted by molar-refractivity contribution is 5.65. The highest BCUT2D eigenvalue weighted by atomic mass is 16.5. The van der Waals surface area contributed by atoms with Crippen molar-refractivity contribution in [3.05, 3.63) is 83.9 Å². The second-order valence-corrected chi connectivity index (χ2v) is 7.82. The Hall–Kier alpha value is -2.23. The molecule has 0 aliphatic heterocycles. The van der Waals surface area contributed by atoms with Crippen molar-refractivity contribution in [1.29, 1.82) is 0 Å². The minimum Gasteiger partial charge on any atom is -0.376 e. The van der Waals surface area contributed by atoms with Gasteiger partial charge in [-0.05, 0) is 30.9 Å². The normalized spacial score (nSPS) is 22.2. The number of benzene rings is 2. The van der Waals surface area contributed by atoms with Gasteiger partial charge in [-0.2, -0.15) is 0 Å². The Kier molecular flexibility index (Phi) is 5.41. The predicted molar refractivity (Wildman–Crippen MR) is 107 cm³/mol. The van der Waals surface area contributed by atoms with E-state index in [0.29, 0.717) is 44.8 Å². The highest BCUT2D eigenvalue weighted by Crippen LogP contribution is 2.51. The minimum atomic E-state index is -0.814. The van der Waals surface area contributed by atoms with Gasteiger partial charge in [0.15, 0.2) is 0 Å². The van der Waals surface area contributed by atoms with E-state index < -0.39 is 10.8 Å². The van der Waals surface area contributed by atoms with Gasteiger partial charge in [0.05, 0.1) is 29.2 Å². The largest absolute Gasteiger partial charge is 0.376 e. The zero-order valence-electron chi connectivity index (χ0n) is 17.8. The third-order valence-corrected chi connectivity index (χ3v) is 5.28. The van der Waals surface area contributed by atoms with Gasteiger partial charge < -0.3 is 14.3 Å². The molecule has 3 heteroatoms. The summed E-state index contributed by atoms with van der Waals surface area (Å²) >= 11 is 0. The van der Waals surface area contributed by atoms with Gasteiger partial charge in [-0.3, -0.25) is 0 Å². The van der Waals surface area contributed by atoms with Crippen molar-refractivity contribution in [3.8, 4) is 0 Å². The van der Waals surface area contributed by atoms with E-state index in [0.717, 1.165) is 17.4 Å². The Balaban J connectivity index is 1.72. The zero-order valence-corrected chi connectivity index (χ0v) is 15.8. The summed E-state index contributed by atoms with van der Waals surface area (Å²) in [6, 6.07) is 19.9. The molecule has 2 aromatic rings. The van der Waals surface area contributed by atoms with Crippen LogP contribution in [0.5, 0.6) is 0 Å². The molecule has 1 aliphatic rings. The van der Waals surface area contributed by atoms with Gasteiger partial charge in [-0.25, -0.2) is 0 Å². The van der Waals surface area contributed by atoms with Crippen molar-refractivity contribution < 1.29 is 17.0 Å². The molecule has 1 unspecified atom stereocenters. The van der Waals surface area contributed by atoms with E-state index in [1.54, 1.807) is 0 Å². The number of ether oxygens (including phenoxy) is 2. The van der Waals surface area contributed by atoms with Crippen LogP contribution < -0.4 is 0 Å². The molecular formula is C24H28O3. The van der Waals surface area contributed by atoms with E-state index in [9.17, 15) is 4.79 Å². The molecule has 1 saturated carbocycles. The standard InChI is InChI=1S/C24H28O3/c1-20-13-24(16-23(20,2)17-25,18-26-14-21-9-5-3-6-10-21)19-27-15-22-11-7-4-8-12-22/h3-12,17H,1,13-16,18-19H2,2H3/i1D2. The van der Waals surface area contributed by atoms with E-state index in [2.05, 4.69) is 0 Å². The molecule has 1 atom stereocenters. The average molecular weight is 366 g/mol. The molecule has 0 heterocycles. The predicted octanol–water partition coefficient (Wildman–Crippen LogP) is 4.96. The Morgan fingerprint density at radius 1 is 1.00 bits per heavy atom. The number of allylic oxidation sites excluding steroid dienone is 1. The van der Waals surface area contributed by atoms with Crippen molar-refractivity contribution in [3.63, 3.8) is 0 Å². The molecule has 1 fully saturated rings. The molecule has 1 aliphatic carbocycles. The van der Waals surface area contributed by atoms with Gasteiger partial charge in [0, 0.05) is 10.8 Å². The lowest BCUT2D eigenvalue weighted by Gasteiger charge is -2.30. The van der Waals surface area contributed by atoms with Crippen molar-refractivity contribution in [2.75, 3.05) is 13.2 Å². The second-order valence-electron chi connectivity index (χ2n) is 7.82. The summed E-state index contributed by atoms with van der Waals surface area (Å²) in [4.78, 5) is 11.8. The lowest BCUT2D eigenvalue weighted by molar-refractivity contribution is -0.115. The van der Waals surface area contributed by atoms with Crippen LogP contribution >= 0.6 is 0 Å². The topological polar surface area (TPSA) is 35.5 Å². The van der Waals surface area contributed by atoms with E-state index in [1.807, 2.05) is 67.6 Å². The summed E-state index contributed by atoms with van der Waals surface area (Å²) < 4.78 is 27.7. The fraction of sp³-hybridized carbons (Fsp3) is 0.375. The molecule has 0 bridgehead atoms. The van der Waals surface area contributed by atoms with Crippen LogP contribution in [-0.4, -0.2) is 19.5 Å². The van der Waals surface area contributed by atoms with Crippen LogP contribution in [0.15, 0.2) is 72.8 Å². The molecule has 2 aromatic carbocycles. The Morgan fingerprint density at radius 2 is 1.52 bits per heavy atom. The van der Waals surface area contributed by atoms with Crippen molar-refractivity contribution >= 4 is 6.29 Å². The molecule has 3 rings (SSSR count). The number of carbonyl (C=O) groups is 1. The van der Waals surface area contributed by atoms with Crippen LogP contribution in [0, 0.1) is 10.8 Å². The van der Waals surface area contributed by atoms with E-state index in [-0.39, 0.29) is 6.53 Å². The molecule has 0 amide bonds. The first kappa shape index (κ1) is 16.9. The quantitative estimate of drug-likeness (QED) is 0.465. The lowest BCUT2D eigenvalue weighted by atomic mass is 9.82. The molecule has 0 spiro atoms. The summed E-state index contributed by atoms with van der Waals surface area (Å²) in [7, 11) is 0. The Bertz CT molecular complexity index is 786. The van der Waals surface area contributed by atoms with Crippen molar-refractivity contribution in [2.45, 2.75) is 33.0 Å². The van der Waals surface area contributed by atoms with Gasteiger partial charge in [0.2, 0.25) is 0 Å². The summed E-state index contributed by atoms with van der Waals surface area (Å²) in [5.41, 5.74) is 1.49. The molecular weight excluding hydrogens is 336 g/mol. The summed E-state index contributed by atoms with van der Waals surface area (Å²) in [5, 5.41) is 0. The Morgan fingerprint density at radius 3 is 1.93 bits per heavy atom. The van der Waals surface area contributed by atoms with Crippen LogP contribution in [-0.2, 0) is 27.5 Å². The van der Waals surface area contributed by atoms with Crippen LogP contribution in [0.2, 0.25) is 0 Å². The maximum absolute atomic E-state index is 11.8. The van der Waals surface area contributed by atoms with Gasteiger partial charge in [0.25, 0.3) is 0 Å². The smallest absolute Gasteiger partial charge is 0.129 e. The van der Waals surface area contributed by atoms with Gasteiger partial charge in [0.1, 0.15) is 6.29 Å². The highest BCUT2D eigenvalue weighted by Gasteiger charge is 2.48. The molecule has 0 aromatic heterocycles. The molecule has 0 N–H and O–H groups in total. The van der Waals surface area contributed by atoms with Crippen LogP contribution in [0.3, 0.4) is 0 Å². The van der Waals surface area contributed by atoms with E-state index in [4.69, 9.17) is 12.2 Å². The minimum absolute atomic E-state index is 0.271. The maximum atomic E-state index is 11.8. The molecule has 142 valence electrons. The number of aldehydes is 1.